The van der Waals surface area contributed by atoms with Gasteiger partial charge in [0.1, 0.15) is 0 Å². The summed E-state index contributed by atoms with van der Waals surface area (Å²) in [6, 6.07) is 10.8. The topological polar surface area (TPSA) is 0 Å². The molecule has 0 nitrogen and oxygen atoms in total. The van der Waals surface area contributed by atoms with E-state index < -0.39 is 0 Å². The van der Waals surface area contributed by atoms with E-state index in [1.54, 1.807) is 0 Å². The van der Waals surface area contributed by atoms with Gasteiger partial charge in [0.15, 0.2) is 0 Å². The summed E-state index contributed by atoms with van der Waals surface area (Å²) in [5.41, 5.74) is 2.98. The van der Waals surface area contributed by atoms with E-state index in [4.69, 9.17) is 0 Å². The van der Waals surface area contributed by atoms with Crippen molar-refractivity contribution < 1.29 is 0 Å². The van der Waals surface area contributed by atoms with E-state index in [0.29, 0.717) is 0 Å². The van der Waals surface area contributed by atoms with Crippen LogP contribution in [0.15, 0.2) is 54.1 Å². The van der Waals surface area contributed by atoms with E-state index in [0.717, 1.165) is 12.8 Å². The van der Waals surface area contributed by atoms with Gasteiger partial charge in [0, 0.05) is 5.41 Å². The zero-order valence-electron chi connectivity index (χ0n) is 12.2. The van der Waals surface area contributed by atoms with Crippen LogP contribution >= 0.6 is 0 Å². The number of hydrogen-bond acceptors (Lipinski definition) is 0. The zero-order valence-corrected chi connectivity index (χ0v) is 12.2. The molecule has 0 saturated carbocycles. The van der Waals surface area contributed by atoms with E-state index in [9.17, 15) is 0 Å². The van der Waals surface area contributed by atoms with Gasteiger partial charge in [0.25, 0.3) is 0 Å². The minimum atomic E-state index is 0.156. The van der Waals surface area contributed by atoms with Crippen molar-refractivity contribution in [3.8, 4) is 0 Å². The maximum absolute atomic E-state index is 2.38. The van der Waals surface area contributed by atoms with Gasteiger partial charge >= 0.3 is 0 Å². The van der Waals surface area contributed by atoms with Gasteiger partial charge in [-0.15, -0.1) is 0 Å². The van der Waals surface area contributed by atoms with E-state index in [2.05, 4.69) is 76.3 Å². The SMILES string of the molecule is CC/C=C/[C@](C)(CCC=C(C)C)c1ccccc1. The molecule has 0 fully saturated rings. The summed E-state index contributed by atoms with van der Waals surface area (Å²) < 4.78 is 0. The maximum Gasteiger partial charge on any atom is 0.0106 e. The van der Waals surface area contributed by atoms with E-state index in [1.165, 1.54) is 17.6 Å². The molecular formula is C18H26. The molecule has 1 rings (SSSR count). The Morgan fingerprint density at radius 1 is 1.17 bits per heavy atom. The first-order chi connectivity index (χ1) is 8.58. The third kappa shape index (κ3) is 4.52. The van der Waals surface area contributed by atoms with Crippen molar-refractivity contribution in [1.82, 2.24) is 0 Å². The van der Waals surface area contributed by atoms with Crippen molar-refractivity contribution in [3.63, 3.8) is 0 Å². The highest BCUT2D eigenvalue weighted by atomic mass is 14.3. The average molecular weight is 242 g/mol. The number of allylic oxidation sites excluding steroid dienone is 4. The number of hydrogen-bond donors (Lipinski definition) is 0. The lowest BCUT2D eigenvalue weighted by Gasteiger charge is -2.26. The molecule has 0 radical (unpaired) electrons. The molecule has 0 spiro atoms. The summed E-state index contributed by atoms with van der Waals surface area (Å²) in [4.78, 5) is 0. The average Bonchev–Trinajstić information content (AvgIpc) is 2.37. The largest absolute Gasteiger partial charge is 0.0879 e. The minimum absolute atomic E-state index is 0.156. The van der Waals surface area contributed by atoms with Crippen LogP contribution in [0.3, 0.4) is 0 Å². The summed E-state index contributed by atoms with van der Waals surface area (Å²) in [6.45, 7) is 8.87. The lowest BCUT2D eigenvalue weighted by Crippen LogP contribution is -2.18. The van der Waals surface area contributed by atoms with Gasteiger partial charge in [-0.2, -0.15) is 0 Å². The van der Waals surface area contributed by atoms with Crippen molar-refractivity contribution in [1.29, 1.82) is 0 Å². The lowest BCUT2D eigenvalue weighted by atomic mass is 9.78. The highest BCUT2D eigenvalue weighted by Gasteiger charge is 2.21. The first kappa shape index (κ1) is 14.8. The molecule has 98 valence electrons. The Morgan fingerprint density at radius 2 is 1.83 bits per heavy atom. The molecule has 18 heavy (non-hydrogen) atoms. The van der Waals surface area contributed by atoms with Crippen LogP contribution in [0.2, 0.25) is 0 Å². The number of rotatable bonds is 6. The lowest BCUT2D eigenvalue weighted by molar-refractivity contribution is 0.543. The van der Waals surface area contributed by atoms with Crippen LogP contribution in [0, 0.1) is 0 Å². The molecule has 0 unspecified atom stereocenters. The normalized spacial score (nSPS) is 14.4. The van der Waals surface area contributed by atoms with Crippen LogP contribution < -0.4 is 0 Å². The third-order valence-corrected chi connectivity index (χ3v) is 3.37. The maximum atomic E-state index is 2.38. The smallest absolute Gasteiger partial charge is 0.0106 e. The summed E-state index contributed by atoms with van der Waals surface area (Å²) >= 11 is 0. The summed E-state index contributed by atoms with van der Waals surface area (Å²) in [7, 11) is 0. The first-order valence-corrected chi connectivity index (χ1v) is 6.95. The molecule has 0 N–H and O–H groups in total. The van der Waals surface area contributed by atoms with Gasteiger partial charge in [-0.25, -0.2) is 0 Å². The van der Waals surface area contributed by atoms with E-state index >= 15 is 0 Å². The van der Waals surface area contributed by atoms with Crippen molar-refractivity contribution in [2.45, 2.75) is 52.4 Å². The highest BCUT2D eigenvalue weighted by Crippen LogP contribution is 2.31. The van der Waals surface area contributed by atoms with Crippen LogP contribution in [-0.4, -0.2) is 0 Å². The Labute approximate surface area is 112 Å². The van der Waals surface area contributed by atoms with Gasteiger partial charge in [-0.3, -0.25) is 0 Å². The predicted octanol–water partition coefficient (Wildman–Crippen LogP) is 5.66. The van der Waals surface area contributed by atoms with Crippen LogP contribution in [-0.2, 0) is 5.41 Å². The second-order valence-corrected chi connectivity index (χ2v) is 5.41. The fraction of sp³-hybridized carbons (Fsp3) is 0.444. The quantitative estimate of drug-likeness (QED) is 0.565. The predicted molar refractivity (Wildman–Crippen MR) is 81.9 cm³/mol. The highest BCUT2D eigenvalue weighted by molar-refractivity contribution is 5.30. The Kier molecular flexibility index (Phi) is 5.91. The molecule has 1 atom stereocenters. The second kappa shape index (κ2) is 7.20. The molecule has 0 heteroatoms. The van der Waals surface area contributed by atoms with Crippen molar-refractivity contribution in [2.75, 3.05) is 0 Å². The van der Waals surface area contributed by atoms with Gasteiger partial charge in [0.2, 0.25) is 0 Å². The van der Waals surface area contributed by atoms with Crippen molar-refractivity contribution in [3.05, 3.63) is 59.7 Å². The van der Waals surface area contributed by atoms with Crippen LogP contribution in [0.5, 0.6) is 0 Å². The second-order valence-electron chi connectivity index (χ2n) is 5.41. The molecule has 0 aliphatic carbocycles. The molecule has 0 amide bonds. The van der Waals surface area contributed by atoms with Crippen LogP contribution in [0.1, 0.15) is 52.5 Å². The molecule has 1 aromatic carbocycles. The Bertz CT molecular complexity index is 393. The van der Waals surface area contributed by atoms with Gasteiger partial charge < -0.3 is 0 Å². The molecule has 0 aromatic heterocycles. The van der Waals surface area contributed by atoms with Crippen LogP contribution in [0.25, 0.3) is 0 Å². The van der Waals surface area contributed by atoms with Crippen molar-refractivity contribution in [2.24, 2.45) is 0 Å². The number of benzene rings is 1. The summed E-state index contributed by atoms with van der Waals surface area (Å²) in [5.74, 6) is 0. The molecule has 0 heterocycles. The monoisotopic (exact) mass is 242 g/mol. The van der Waals surface area contributed by atoms with E-state index in [1.807, 2.05) is 0 Å². The third-order valence-electron chi connectivity index (χ3n) is 3.37. The Morgan fingerprint density at radius 3 is 2.39 bits per heavy atom. The first-order valence-electron chi connectivity index (χ1n) is 6.95. The molecule has 0 aliphatic rings. The summed E-state index contributed by atoms with van der Waals surface area (Å²) in [5, 5.41) is 0. The van der Waals surface area contributed by atoms with Crippen LogP contribution in [0.4, 0.5) is 0 Å². The zero-order chi connectivity index (χ0) is 13.4. The molecule has 0 aliphatic heterocycles. The Hall–Kier alpha value is -1.30. The molecule has 1 aromatic rings. The van der Waals surface area contributed by atoms with Gasteiger partial charge in [0.05, 0.1) is 0 Å². The van der Waals surface area contributed by atoms with Gasteiger partial charge in [-0.1, -0.05) is 68.0 Å². The standard InChI is InChI=1S/C18H26/c1-5-6-14-18(4,15-10-11-16(2)3)17-12-8-7-9-13-17/h6-9,11-14H,5,10,15H2,1-4H3/b14-6+/t18-/m1/s1. The van der Waals surface area contributed by atoms with E-state index in [-0.39, 0.29) is 5.41 Å². The molecule has 0 bridgehead atoms. The minimum Gasteiger partial charge on any atom is -0.0879 e. The Balaban J connectivity index is 2.89. The fourth-order valence-corrected chi connectivity index (χ4v) is 2.18. The molecule has 0 saturated heterocycles. The summed E-state index contributed by atoms with van der Waals surface area (Å²) in [6.07, 6.45) is 10.4. The molecular weight excluding hydrogens is 216 g/mol. The van der Waals surface area contributed by atoms with Gasteiger partial charge in [-0.05, 0) is 38.7 Å². The van der Waals surface area contributed by atoms with Crippen molar-refractivity contribution >= 4 is 0 Å². The fourth-order valence-electron chi connectivity index (χ4n) is 2.18.